The second-order valence-corrected chi connectivity index (χ2v) is 10.7. The van der Waals surface area contributed by atoms with Gasteiger partial charge in [-0.05, 0) is 58.5 Å². The number of hydrogen-bond acceptors (Lipinski definition) is 3. The van der Waals surface area contributed by atoms with Gasteiger partial charge >= 0.3 is 0 Å². The normalized spacial score (nSPS) is 22.1. The van der Waals surface area contributed by atoms with Gasteiger partial charge in [-0.2, -0.15) is 0 Å². The first-order valence-corrected chi connectivity index (χ1v) is 12.9. The minimum absolute atomic E-state index is 0.230. The molecule has 1 fully saturated rings. The molecule has 0 amide bonds. The van der Waals surface area contributed by atoms with Crippen molar-refractivity contribution in [3.8, 4) is 0 Å². The number of anilines is 2. The lowest BCUT2D eigenvalue weighted by molar-refractivity contribution is -0.115. The highest BCUT2D eigenvalue weighted by atomic mass is 16.1. The third-order valence-electron chi connectivity index (χ3n) is 8.30. The van der Waals surface area contributed by atoms with E-state index in [1.54, 1.807) is 0 Å². The Kier molecular flexibility index (Phi) is 5.34. The standard InChI is InChI=1S/C34H32N2O/c1-35(2)28-19-15-25(16-20-28)31-30(24-11-7-5-8-12-24)32(37)34(26-13-9-6-10-14-26)23-33(31,34)27-17-21-29(22-18-27)36(3)4/h5-22H,23H2,1-4H3/t33-,34+/m1/s1. The minimum atomic E-state index is -0.603. The number of rotatable bonds is 6. The average Bonchev–Trinajstić information content (AvgIpc) is 3.58. The summed E-state index contributed by atoms with van der Waals surface area (Å²) in [5, 5.41) is 0. The Hall–Kier alpha value is -4.11. The van der Waals surface area contributed by atoms with Crippen LogP contribution in [0.25, 0.3) is 11.1 Å². The van der Waals surface area contributed by atoms with Crippen LogP contribution in [0.5, 0.6) is 0 Å². The average molecular weight is 485 g/mol. The summed E-state index contributed by atoms with van der Waals surface area (Å²) >= 11 is 0. The predicted octanol–water partition coefficient (Wildman–Crippen LogP) is 6.59. The van der Waals surface area contributed by atoms with E-state index in [2.05, 4.69) is 123 Å². The largest absolute Gasteiger partial charge is 0.378 e. The molecular formula is C34H32N2O. The van der Waals surface area contributed by atoms with E-state index >= 15 is 0 Å². The topological polar surface area (TPSA) is 23.6 Å². The number of fused-ring (bicyclic) bond motifs is 1. The van der Waals surface area contributed by atoms with Crippen LogP contribution in [0.4, 0.5) is 11.4 Å². The molecule has 6 rings (SSSR count). The number of carbonyl (C=O) groups excluding carboxylic acids is 1. The van der Waals surface area contributed by atoms with Crippen LogP contribution in [0.15, 0.2) is 109 Å². The summed E-state index contributed by atoms with van der Waals surface area (Å²) in [6.07, 6.45) is 0.783. The van der Waals surface area contributed by atoms with E-state index in [0.29, 0.717) is 0 Å². The second-order valence-electron chi connectivity index (χ2n) is 10.7. The Balaban J connectivity index is 1.65. The molecule has 3 nitrogen and oxygen atoms in total. The minimum Gasteiger partial charge on any atom is -0.378 e. The molecule has 0 bridgehead atoms. The number of ketones is 1. The highest BCUT2D eigenvalue weighted by Crippen LogP contribution is 2.77. The SMILES string of the molecule is CN(C)c1ccc(C2=C(c3ccccc3)C(=O)[C@@]3(c4ccccc4)C[C@@]23c2ccc(N(C)C)cc2)cc1. The Morgan fingerprint density at radius 3 is 1.57 bits per heavy atom. The maximum Gasteiger partial charge on any atom is 0.175 e. The molecule has 0 radical (unpaired) electrons. The lowest BCUT2D eigenvalue weighted by Crippen LogP contribution is -2.25. The highest BCUT2D eigenvalue weighted by molar-refractivity contribution is 6.40. The van der Waals surface area contributed by atoms with Gasteiger partial charge in [0.1, 0.15) is 0 Å². The number of Topliss-reactive ketones (excluding diaryl/α,β-unsaturated/α-hetero) is 1. The van der Waals surface area contributed by atoms with E-state index in [1.807, 2.05) is 24.3 Å². The van der Waals surface area contributed by atoms with Crippen LogP contribution in [0, 0.1) is 0 Å². The van der Waals surface area contributed by atoms with E-state index in [0.717, 1.165) is 45.6 Å². The first kappa shape index (κ1) is 23.3. The zero-order valence-corrected chi connectivity index (χ0v) is 21.9. The van der Waals surface area contributed by atoms with Crippen LogP contribution >= 0.6 is 0 Å². The van der Waals surface area contributed by atoms with Gasteiger partial charge in [0, 0.05) is 50.6 Å². The van der Waals surface area contributed by atoms with Crippen molar-refractivity contribution >= 4 is 28.3 Å². The number of hydrogen-bond donors (Lipinski definition) is 0. The molecule has 0 heterocycles. The molecule has 2 aliphatic carbocycles. The molecule has 0 spiro atoms. The van der Waals surface area contributed by atoms with Gasteiger partial charge in [0.05, 0.1) is 5.41 Å². The first-order chi connectivity index (χ1) is 17.9. The molecular weight excluding hydrogens is 452 g/mol. The first-order valence-electron chi connectivity index (χ1n) is 12.9. The summed E-state index contributed by atoms with van der Waals surface area (Å²) in [5.41, 5.74) is 7.69. The van der Waals surface area contributed by atoms with Crippen LogP contribution in [0.2, 0.25) is 0 Å². The van der Waals surface area contributed by atoms with Crippen LogP contribution < -0.4 is 9.80 Å². The fourth-order valence-electron chi connectivity index (χ4n) is 6.41. The molecule has 184 valence electrons. The third kappa shape index (κ3) is 3.30. The molecule has 3 heteroatoms. The van der Waals surface area contributed by atoms with Crippen molar-refractivity contribution in [1.29, 1.82) is 0 Å². The molecule has 0 saturated heterocycles. The van der Waals surface area contributed by atoms with Gasteiger partial charge in [-0.15, -0.1) is 0 Å². The monoisotopic (exact) mass is 484 g/mol. The Labute approximate surface area is 219 Å². The Bertz CT molecular complexity index is 1490. The number of carbonyl (C=O) groups is 1. The number of nitrogens with zero attached hydrogens (tertiary/aromatic N) is 2. The third-order valence-corrected chi connectivity index (χ3v) is 8.30. The molecule has 0 aromatic heterocycles. The number of allylic oxidation sites excluding steroid dienone is 2. The molecule has 1 saturated carbocycles. The molecule has 2 atom stereocenters. The summed E-state index contributed by atoms with van der Waals surface area (Å²) in [4.78, 5) is 18.9. The van der Waals surface area contributed by atoms with E-state index in [-0.39, 0.29) is 5.78 Å². The van der Waals surface area contributed by atoms with Crippen LogP contribution in [0.1, 0.15) is 28.7 Å². The summed E-state index contributed by atoms with van der Waals surface area (Å²) in [7, 11) is 8.22. The molecule has 0 aliphatic heterocycles. The van der Waals surface area contributed by atoms with Crippen LogP contribution in [-0.2, 0) is 15.6 Å². The van der Waals surface area contributed by atoms with Crippen molar-refractivity contribution in [3.05, 3.63) is 131 Å². The Morgan fingerprint density at radius 1 is 0.541 bits per heavy atom. The van der Waals surface area contributed by atoms with Crippen molar-refractivity contribution in [3.63, 3.8) is 0 Å². The van der Waals surface area contributed by atoms with Gasteiger partial charge in [-0.1, -0.05) is 84.9 Å². The lowest BCUT2D eigenvalue weighted by Gasteiger charge is -2.24. The highest BCUT2D eigenvalue weighted by Gasteiger charge is 2.79. The second kappa shape index (κ2) is 8.48. The van der Waals surface area contributed by atoms with Gasteiger partial charge in [0.15, 0.2) is 5.78 Å². The van der Waals surface area contributed by atoms with Crippen LogP contribution in [0.3, 0.4) is 0 Å². The van der Waals surface area contributed by atoms with Crippen molar-refractivity contribution in [1.82, 2.24) is 0 Å². The molecule has 37 heavy (non-hydrogen) atoms. The van der Waals surface area contributed by atoms with Crippen molar-refractivity contribution < 1.29 is 4.79 Å². The van der Waals surface area contributed by atoms with Gasteiger partial charge < -0.3 is 9.80 Å². The van der Waals surface area contributed by atoms with E-state index in [4.69, 9.17) is 0 Å². The summed E-state index contributed by atoms with van der Waals surface area (Å²) in [6.45, 7) is 0. The molecule has 0 unspecified atom stereocenters. The number of benzene rings is 4. The maximum absolute atomic E-state index is 14.7. The van der Waals surface area contributed by atoms with E-state index in [9.17, 15) is 4.79 Å². The zero-order chi connectivity index (χ0) is 25.8. The fraction of sp³-hybridized carbons (Fsp3) is 0.206. The predicted molar refractivity (Wildman–Crippen MR) is 154 cm³/mol. The molecule has 4 aromatic carbocycles. The zero-order valence-electron chi connectivity index (χ0n) is 21.9. The lowest BCUT2D eigenvalue weighted by atomic mass is 9.78. The quantitative estimate of drug-likeness (QED) is 0.308. The van der Waals surface area contributed by atoms with Gasteiger partial charge in [-0.25, -0.2) is 0 Å². The smallest absolute Gasteiger partial charge is 0.175 e. The van der Waals surface area contributed by atoms with Gasteiger partial charge in [0.25, 0.3) is 0 Å². The van der Waals surface area contributed by atoms with Gasteiger partial charge in [0.2, 0.25) is 0 Å². The summed E-state index contributed by atoms with van der Waals surface area (Å²) in [6, 6.07) is 38.1. The van der Waals surface area contributed by atoms with Crippen LogP contribution in [-0.4, -0.2) is 34.0 Å². The van der Waals surface area contributed by atoms with Gasteiger partial charge in [-0.3, -0.25) is 4.79 Å². The van der Waals surface area contributed by atoms with Crippen molar-refractivity contribution in [2.24, 2.45) is 0 Å². The van der Waals surface area contributed by atoms with Crippen molar-refractivity contribution in [2.45, 2.75) is 17.3 Å². The summed E-state index contributed by atoms with van der Waals surface area (Å²) < 4.78 is 0. The molecule has 0 N–H and O–H groups in total. The van der Waals surface area contributed by atoms with Crippen molar-refractivity contribution in [2.75, 3.05) is 38.0 Å². The molecule has 2 aliphatic rings. The fourth-order valence-corrected chi connectivity index (χ4v) is 6.41. The Morgan fingerprint density at radius 2 is 1.03 bits per heavy atom. The summed E-state index contributed by atoms with van der Waals surface area (Å²) in [5.74, 6) is 0.230. The van der Waals surface area contributed by atoms with E-state index in [1.165, 1.54) is 5.56 Å². The maximum atomic E-state index is 14.7. The molecule has 4 aromatic rings. The van der Waals surface area contributed by atoms with E-state index < -0.39 is 10.8 Å².